The summed E-state index contributed by atoms with van der Waals surface area (Å²) in [5, 5.41) is 2.61. The molecule has 3 aromatic rings. The highest BCUT2D eigenvalue weighted by atomic mass is 16.2. The fourth-order valence-corrected chi connectivity index (χ4v) is 3.72. The van der Waals surface area contributed by atoms with E-state index >= 15 is 0 Å². The third kappa shape index (κ3) is 4.77. The fraction of sp³-hybridized carbons (Fsp3) is 0.455. The van der Waals surface area contributed by atoms with Gasteiger partial charge in [-0.15, -0.1) is 0 Å². The molecule has 0 bridgehead atoms. The predicted molar refractivity (Wildman–Crippen MR) is 120 cm³/mol. The number of aromatic nitrogens is 4. The Morgan fingerprint density at radius 1 is 1.13 bits per heavy atom. The van der Waals surface area contributed by atoms with Crippen LogP contribution < -0.4 is 16.6 Å². The van der Waals surface area contributed by atoms with Crippen LogP contribution in [0.1, 0.15) is 48.4 Å². The lowest BCUT2D eigenvalue weighted by Gasteiger charge is -2.17. The second-order valence-electron chi connectivity index (χ2n) is 7.66. The van der Waals surface area contributed by atoms with Crippen molar-refractivity contribution >= 4 is 17.1 Å². The average molecular weight is 427 g/mol. The van der Waals surface area contributed by atoms with Gasteiger partial charge in [0.1, 0.15) is 5.82 Å². The van der Waals surface area contributed by atoms with Crippen molar-refractivity contribution in [2.75, 3.05) is 14.1 Å². The predicted octanol–water partition coefficient (Wildman–Crippen LogP) is 1.70. The minimum absolute atomic E-state index is 0.115. The molecule has 0 aliphatic heterocycles. The Hall–Kier alpha value is -3.20. The Bertz CT molecular complexity index is 1170. The van der Waals surface area contributed by atoms with E-state index in [9.17, 15) is 14.4 Å². The molecule has 9 heteroatoms. The molecule has 2 heterocycles. The number of H-pyrrole nitrogens is 1. The number of nitrogens with zero attached hydrogens (tertiary/aromatic N) is 4. The maximum absolute atomic E-state index is 12.5. The van der Waals surface area contributed by atoms with Gasteiger partial charge in [-0.3, -0.25) is 24.0 Å². The molecule has 0 aliphatic rings. The van der Waals surface area contributed by atoms with Crippen molar-refractivity contribution in [2.24, 2.45) is 0 Å². The molecule has 2 N–H and O–H groups in total. The highest BCUT2D eigenvalue weighted by molar-refractivity contribution is 5.93. The second kappa shape index (κ2) is 9.74. The van der Waals surface area contributed by atoms with E-state index in [-0.39, 0.29) is 5.91 Å². The summed E-state index contributed by atoms with van der Waals surface area (Å²) in [6, 6.07) is 7.46. The van der Waals surface area contributed by atoms with Crippen molar-refractivity contribution in [2.45, 2.75) is 52.9 Å². The number of unbranched alkanes of at least 4 members (excludes halogenated alkanes) is 1. The quantitative estimate of drug-likeness (QED) is 0.542. The maximum Gasteiger partial charge on any atom is 0.330 e. The molecule has 0 radical (unpaired) electrons. The lowest BCUT2D eigenvalue weighted by atomic mass is 10.1. The Morgan fingerprint density at radius 3 is 2.45 bits per heavy atom. The van der Waals surface area contributed by atoms with E-state index in [1.54, 1.807) is 23.7 Å². The molecule has 0 unspecified atom stereocenters. The van der Waals surface area contributed by atoms with Crippen LogP contribution in [0.25, 0.3) is 11.2 Å². The van der Waals surface area contributed by atoms with E-state index < -0.39 is 11.2 Å². The van der Waals surface area contributed by atoms with Gasteiger partial charge in [-0.25, -0.2) is 9.78 Å². The Kier molecular flexibility index (Phi) is 7.06. The van der Waals surface area contributed by atoms with Crippen LogP contribution in [-0.4, -0.2) is 44.0 Å². The van der Waals surface area contributed by atoms with Crippen molar-refractivity contribution in [3.8, 4) is 0 Å². The number of fused-ring (bicyclic) bond motifs is 1. The van der Waals surface area contributed by atoms with Crippen LogP contribution in [-0.2, 0) is 26.2 Å². The highest BCUT2D eigenvalue weighted by Crippen LogP contribution is 2.15. The molecule has 0 saturated carbocycles. The number of imidazole rings is 1. The first-order valence-electron chi connectivity index (χ1n) is 10.6. The van der Waals surface area contributed by atoms with Gasteiger partial charge in [0, 0.05) is 32.2 Å². The number of rotatable bonds is 9. The van der Waals surface area contributed by atoms with Crippen LogP contribution in [0.5, 0.6) is 0 Å². The lowest BCUT2D eigenvalue weighted by molar-refractivity contribution is 0.0963. The number of carbonyl (C=O) groups is 1. The zero-order chi connectivity index (χ0) is 22.5. The zero-order valence-electron chi connectivity index (χ0n) is 18.6. The minimum atomic E-state index is -0.414. The summed E-state index contributed by atoms with van der Waals surface area (Å²) in [6.07, 6.45) is 1.77. The van der Waals surface area contributed by atoms with E-state index in [1.165, 1.54) is 0 Å². The second-order valence-corrected chi connectivity index (χ2v) is 7.66. The third-order valence-corrected chi connectivity index (χ3v) is 5.32. The van der Waals surface area contributed by atoms with Gasteiger partial charge in [0.05, 0.1) is 6.54 Å². The summed E-state index contributed by atoms with van der Waals surface area (Å²) < 4.78 is 3.44. The molecular formula is C22H30N6O3. The fourth-order valence-electron chi connectivity index (χ4n) is 3.72. The number of amides is 1. The first-order valence-corrected chi connectivity index (χ1v) is 10.6. The molecule has 1 aromatic carbocycles. The van der Waals surface area contributed by atoms with Gasteiger partial charge >= 0.3 is 5.69 Å². The number of aryl methyl sites for hydroxylation is 2. The van der Waals surface area contributed by atoms with Crippen molar-refractivity contribution in [1.82, 2.24) is 29.3 Å². The van der Waals surface area contributed by atoms with E-state index in [2.05, 4.69) is 22.1 Å². The summed E-state index contributed by atoms with van der Waals surface area (Å²) in [6.45, 7) is 6.29. The summed E-state index contributed by atoms with van der Waals surface area (Å²) in [7, 11) is 3.58. The zero-order valence-corrected chi connectivity index (χ0v) is 18.6. The van der Waals surface area contributed by atoms with E-state index in [0.29, 0.717) is 42.9 Å². The smallest absolute Gasteiger partial charge is 0.330 e. The van der Waals surface area contributed by atoms with E-state index in [4.69, 9.17) is 4.98 Å². The van der Waals surface area contributed by atoms with Crippen LogP contribution in [0.4, 0.5) is 0 Å². The average Bonchev–Trinajstić information content (AvgIpc) is 3.11. The third-order valence-electron chi connectivity index (χ3n) is 5.32. The molecule has 9 nitrogen and oxygen atoms in total. The first kappa shape index (κ1) is 22.5. The monoisotopic (exact) mass is 426 g/mol. The van der Waals surface area contributed by atoms with Gasteiger partial charge in [-0.2, -0.15) is 0 Å². The number of nitrogens with one attached hydrogen (secondary N) is 2. The number of hydrogen-bond donors (Lipinski definition) is 2. The van der Waals surface area contributed by atoms with Crippen LogP contribution in [0, 0.1) is 0 Å². The summed E-state index contributed by atoms with van der Waals surface area (Å²) in [5.41, 5.74) is 1.75. The minimum Gasteiger partial charge on any atom is -0.355 e. The van der Waals surface area contributed by atoms with Gasteiger partial charge < -0.3 is 9.88 Å². The molecule has 0 spiro atoms. The Balaban J connectivity index is 1.88. The van der Waals surface area contributed by atoms with Crippen LogP contribution >= 0.6 is 0 Å². The molecule has 0 fully saturated rings. The number of hydrogen-bond acceptors (Lipinski definition) is 5. The molecule has 166 valence electrons. The van der Waals surface area contributed by atoms with E-state index in [1.807, 2.05) is 30.7 Å². The van der Waals surface area contributed by atoms with Gasteiger partial charge in [0.25, 0.3) is 11.5 Å². The Morgan fingerprint density at radius 2 is 1.84 bits per heavy atom. The van der Waals surface area contributed by atoms with Crippen LogP contribution in [0.15, 0.2) is 33.9 Å². The number of carbonyl (C=O) groups excluding carboxylic acids is 1. The standard InChI is InChI=1S/C22H30N6O3/c1-5-7-12-28-19-18(21(30)25-22(28)31)27(6-2)17(24-19)14-26(4)13-15-8-10-16(11-9-15)20(29)23-3/h8-11H,5-7,12-14H2,1-4H3,(H,23,29)(H,25,30,31). The molecule has 1 amide bonds. The molecule has 0 atom stereocenters. The molecule has 0 aliphatic carbocycles. The number of aromatic amines is 1. The molecule has 2 aromatic heterocycles. The molecule has 31 heavy (non-hydrogen) atoms. The first-order chi connectivity index (χ1) is 14.9. The van der Waals surface area contributed by atoms with Crippen LogP contribution in [0.2, 0.25) is 0 Å². The van der Waals surface area contributed by atoms with Gasteiger partial charge in [-0.05, 0) is 38.1 Å². The van der Waals surface area contributed by atoms with Crippen molar-refractivity contribution in [3.05, 3.63) is 62.1 Å². The van der Waals surface area contributed by atoms with Crippen molar-refractivity contribution in [3.63, 3.8) is 0 Å². The summed E-state index contributed by atoms with van der Waals surface area (Å²) >= 11 is 0. The Labute approximate surface area is 180 Å². The maximum atomic E-state index is 12.5. The molecule has 3 rings (SSSR count). The van der Waals surface area contributed by atoms with Crippen molar-refractivity contribution in [1.29, 1.82) is 0 Å². The largest absolute Gasteiger partial charge is 0.355 e. The summed E-state index contributed by atoms with van der Waals surface area (Å²) in [4.78, 5) is 45.8. The highest BCUT2D eigenvalue weighted by Gasteiger charge is 2.18. The van der Waals surface area contributed by atoms with E-state index in [0.717, 1.165) is 24.2 Å². The summed E-state index contributed by atoms with van der Waals surface area (Å²) in [5.74, 6) is 0.624. The lowest BCUT2D eigenvalue weighted by Crippen LogP contribution is -2.31. The molecule has 0 saturated heterocycles. The van der Waals surface area contributed by atoms with Crippen molar-refractivity contribution < 1.29 is 4.79 Å². The topological polar surface area (TPSA) is 105 Å². The normalized spacial score (nSPS) is 11.4. The SMILES string of the molecule is CCCCn1c(=O)[nH]c(=O)c2c1nc(CN(C)Cc1ccc(C(=O)NC)cc1)n2CC. The molecular weight excluding hydrogens is 396 g/mol. The van der Waals surface area contributed by atoms with Gasteiger partial charge in [-0.1, -0.05) is 25.5 Å². The van der Waals surface area contributed by atoms with Gasteiger partial charge in [0.2, 0.25) is 0 Å². The van der Waals surface area contributed by atoms with Crippen LogP contribution in [0.3, 0.4) is 0 Å². The number of benzene rings is 1. The van der Waals surface area contributed by atoms with Gasteiger partial charge in [0.15, 0.2) is 11.2 Å².